The number of nitrogens with one attached hydrogen (secondary N) is 1. The predicted molar refractivity (Wildman–Crippen MR) is 80.7 cm³/mol. The highest BCUT2D eigenvalue weighted by Crippen LogP contribution is 2.30. The lowest BCUT2D eigenvalue weighted by Gasteiger charge is -2.10. The Hall–Kier alpha value is -2.63. The third kappa shape index (κ3) is 3.77. The number of hydrogen-bond donors (Lipinski definition) is 1. The summed E-state index contributed by atoms with van der Waals surface area (Å²) >= 11 is 0. The quantitative estimate of drug-likeness (QED) is 0.944. The molecule has 3 rings (SSSR count). The molecule has 1 heterocycles. The van der Waals surface area contributed by atoms with E-state index in [0.29, 0.717) is 24.7 Å². The second-order valence-corrected chi connectivity index (χ2v) is 5.19. The van der Waals surface area contributed by atoms with Crippen molar-refractivity contribution < 1.29 is 23.0 Å². The Balaban J connectivity index is 1.67. The summed E-state index contributed by atoms with van der Waals surface area (Å²) in [6.07, 6.45) is 0.899. The number of ether oxygens (including phenoxy) is 2. The van der Waals surface area contributed by atoms with Gasteiger partial charge in [0.2, 0.25) is 5.91 Å². The Kier molecular flexibility index (Phi) is 4.41. The van der Waals surface area contributed by atoms with Gasteiger partial charge in [-0.25, -0.2) is 8.78 Å². The maximum Gasteiger partial charge on any atom is 0.228 e. The van der Waals surface area contributed by atoms with Gasteiger partial charge in [0, 0.05) is 18.2 Å². The number of hydrogen-bond acceptors (Lipinski definition) is 3. The summed E-state index contributed by atoms with van der Waals surface area (Å²) in [4.78, 5) is 12.0. The summed E-state index contributed by atoms with van der Waals surface area (Å²) in [6.45, 7) is 1.17. The zero-order valence-corrected chi connectivity index (χ0v) is 12.3. The Morgan fingerprint density at radius 1 is 1.00 bits per heavy atom. The van der Waals surface area contributed by atoms with Crippen molar-refractivity contribution in [2.45, 2.75) is 12.8 Å². The van der Waals surface area contributed by atoms with Crippen LogP contribution < -0.4 is 14.8 Å². The van der Waals surface area contributed by atoms with Gasteiger partial charge in [0.15, 0.2) is 23.1 Å². The predicted octanol–water partition coefficient (Wildman–Crippen LogP) is 3.31. The van der Waals surface area contributed by atoms with Crippen LogP contribution in [0.1, 0.15) is 12.0 Å². The zero-order chi connectivity index (χ0) is 16.2. The molecule has 0 saturated heterocycles. The summed E-state index contributed by atoms with van der Waals surface area (Å²) in [5.41, 5.74) is 0.956. The van der Waals surface area contributed by atoms with Gasteiger partial charge in [0.25, 0.3) is 0 Å². The molecule has 0 saturated carbocycles. The molecule has 23 heavy (non-hydrogen) atoms. The van der Waals surface area contributed by atoms with Crippen LogP contribution in [0.15, 0.2) is 36.4 Å². The van der Waals surface area contributed by atoms with E-state index in [-0.39, 0.29) is 18.0 Å². The van der Waals surface area contributed by atoms with E-state index in [1.165, 1.54) is 6.07 Å². The van der Waals surface area contributed by atoms with Gasteiger partial charge in [-0.15, -0.1) is 0 Å². The fourth-order valence-corrected chi connectivity index (χ4v) is 2.28. The van der Waals surface area contributed by atoms with E-state index in [9.17, 15) is 13.6 Å². The van der Waals surface area contributed by atoms with Gasteiger partial charge in [0.1, 0.15) is 0 Å². The van der Waals surface area contributed by atoms with Crippen molar-refractivity contribution >= 4 is 11.6 Å². The fourth-order valence-electron chi connectivity index (χ4n) is 2.28. The molecule has 0 radical (unpaired) electrons. The van der Waals surface area contributed by atoms with E-state index in [1.54, 1.807) is 18.2 Å². The third-order valence-corrected chi connectivity index (χ3v) is 3.38. The molecule has 0 fully saturated rings. The number of fused-ring (bicyclic) bond motifs is 1. The van der Waals surface area contributed by atoms with Crippen LogP contribution in [0, 0.1) is 11.6 Å². The van der Waals surface area contributed by atoms with Crippen LogP contribution in [-0.4, -0.2) is 19.1 Å². The highest BCUT2D eigenvalue weighted by Gasteiger charge is 2.13. The molecule has 2 aromatic carbocycles. The lowest BCUT2D eigenvalue weighted by Crippen LogP contribution is -2.14. The van der Waals surface area contributed by atoms with Gasteiger partial charge < -0.3 is 14.8 Å². The topological polar surface area (TPSA) is 47.6 Å². The molecule has 0 aromatic heterocycles. The highest BCUT2D eigenvalue weighted by molar-refractivity contribution is 5.92. The molecule has 0 atom stereocenters. The molecule has 1 N–H and O–H groups in total. The third-order valence-electron chi connectivity index (χ3n) is 3.38. The molecular weight excluding hydrogens is 304 g/mol. The van der Waals surface area contributed by atoms with Crippen LogP contribution in [0.3, 0.4) is 0 Å². The fraction of sp³-hybridized carbons (Fsp3) is 0.235. The van der Waals surface area contributed by atoms with Crippen molar-refractivity contribution in [1.29, 1.82) is 0 Å². The van der Waals surface area contributed by atoms with Gasteiger partial charge in [-0.1, -0.05) is 6.07 Å². The molecule has 0 unspecified atom stereocenters. The molecule has 0 bridgehead atoms. The van der Waals surface area contributed by atoms with Gasteiger partial charge >= 0.3 is 0 Å². The molecule has 1 aliphatic heterocycles. The number of carbonyl (C=O) groups excluding carboxylic acids is 1. The first-order valence-electron chi connectivity index (χ1n) is 7.25. The van der Waals surface area contributed by atoms with Crippen LogP contribution in [0.25, 0.3) is 0 Å². The van der Waals surface area contributed by atoms with Crippen LogP contribution in [0.2, 0.25) is 0 Å². The number of benzene rings is 2. The van der Waals surface area contributed by atoms with Crippen molar-refractivity contribution in [3.8, 4) is 11.5 Å². The second kappa shape index (κ2) is 6.64. The first kappa shape index (κ1) is 15.3. The van der Waals surface area contributed by atoms with E-state index in [1.807, 2.05) is 0 Å². The largest absolute Gasteiger partial charge is 0.490 e. The molecule has 1 amide bonds. The summed E-state index contributed by atoms with van der Waals surface area (Å²) in [5.74, 6) is -1.01. The van der Waals surface area contributed by atoms with E-state index >= 15 is 0 Å². The minimum absolute atomic E-state index is 0.0929. The van der Waals surface area contributed by atoms with Crippen molar-refractivity contribution in [2.24, 2.45) is 0 Å². The van der Waals surface area contributed by atoms with E-state index in [4.69, 9.17) is 9.47 Å². The standard InChI is InChI=1S/C17H15F2NO3/c18-13-4-3-12(10-14(13)19)20-17(21)9-11-2-5-15-16(8-11)23-7-1-6-22-15/h2-5,8,10H,1,6-7,9H2,(H,20,21). The molecule has 2 aromatic rings. The average molecular weight is 319 g/mol. The van der Waals surface area contributed by atoms with Crippen LogP contribution in [-0.2, 0) is 11.2 Å². The van der Waals surface area contributed by atoms with Crippen LogP contribution in [0.5, 0.6) is 11.5 Å². The summed E-state index contributed by atoms with van der Waals surface area (Å²) < 4.78 is 37.1. The summed E-state index contributed by atoms with van der Waals surface area (Å²) in [7, 11) is 0. The number of rotatable bonds is 3. The highest BCUT2D eigenvalue weighted by atomic mass is 19.2. The Labute approximate surface area is 132 Å². The minimum atomic E-state index is -1.00. The van der Waals surface area contributed by atoms with E-state index < -0.39 is 11.6 Å². The Bertz CT molecular complexity index is 734. The molecular formula is C17H15F2NO3. The number of carbonyl (C=O) groups is 1. The first-order valence-corrected chi connectivity index (χ1v) is 7.25. The average Bonchev–Trinajstić information content (AvgIpc) is 2.75. The molecule has 6 heteroatoms. The molecule has 120 valence electrons. The summed E-state index contributed by atoms with van der Waals surface area (Å²) in [5, 5.41) is 2.53. The van der Waals surface area contributed by atoms with Crippen LogP contribution >= 0.6 is 0 Å². The molecule has 0 spiro atoms. The molecule has 4 nitrogen and oxygen atoms in total. The maximum atomic E-state index is 13.1. The van der Waals surface area contributed by atoms with Gasteiger partial charge in [-0.3, -0.25) is 4.79 Å². The SMILES string of the molecule is O=C(Cc1ccc2c(c1)OCCCO2)Nc1ccc(F)c(F)c1. The smallest absolute Gasteiger partial charge is 0.228 e. The molecule has 1 aliphatic rings. The van der Waals surface area contributed by atoms with E-state index in [2.05, 4.69) is 5.32 Å². The minimum Gasteiger partial charge on any atom is -0.490 e. The summed E-state index contributed by atoms with van der Waals surface area (Å²) in [6, 6.07) is 8.52. The van der Waals surface area contributed by atoms with E-state index in [0.717, 1.165) is 24.1 Å². The van der Waals surface area contributed by atoms with Crippen molar-refractivity contribution in [2.75, 3.05) is 18.5 Å². The Morgan fingerprint density at radius 3 is 2.57 bits per heavy atom. The number of halogens is 2. The van der Waals surface area contributed by atoms with Gasteiger partial charge in [-0.05, 0) is 29.8 Å². The lowest BCUT2D eigenvalue weighted by atomic mass is 10.1. The Morgan fingerprint density at radius 2 is 1.78 bits per heavy atom. The normalized spacial score (nSPS) is 13.3. The van der Waals surface area contributed by atoms with Gasteiger partial charge in [-0.2, -0.15) is 0 Å². The van der Waals surface area contributed by atoms with Crippen molar-refractivity contribution in [3.05, 3.63) is 53.6 Å². The monoisotopic (exact) mass is 319 g/mol. The van der Waals surface area contributed by atoms with Crippen LogP contribution in [0.4, 0.5) is 14.5 Å². The lowest BCUT2D eigenvalue weighted by molar-refractivity contribution is -0.115. The van der Waals surface area contributed by atoms with Crippen molar-refractivity contribution in [1.82, 2.24) is 0 Å². The molecule has 0 aliphatic carbocycles. The second-order valence-electron chi connectivity index (χ2n) is 5.19. The van der Waals surface area contributed by atoms with Gasteiger partial charge in [0.05, 0.1) is 19.6 Å². The zero-order valence-electron chi connectivity index (χ0n) is 12.3. The first-order chi connectivity index (χ1) is 11.1. The maximum absolute atomic E-state index is 13.1. The van der Waals surface area contributed by atoms with Crippen molar-refractivity contribution in [3.63, 3.8) is 0 Å². The number of amides is 1. The number of anilines is 1.